The Morgan fingerprint density at radius 1 is 0.800 bits per heavy atom. The van der Waals surface area contributed by atoms with E-state index >= 15 is 0 Å². The van der Waals surface area contributed by atoms with E-state index in [2.05, 4.69) is 37.1 Å². The lowest BCUT2D eigenvalue weighted by Crippen LogP contribution is -2.33. The largest absolute Gasteiger partial charge is 0.423 e. The van der Waals surface area contributed by atoms with Crippen LogP contribution in [0, 0.1) is 0 Å². The lowest BCUT2D eigenvalue weighted by atomic mass is 10.1. The highest BCUT2D eigenvalue weighted by molar-refractivity contribution is 9.10. The fourth-order valence-electron chi connectivity index (χ4n) is 3.32. The molecule has 4 aromatic carbocycles. The van der Waals surface area contributed by atoms with Gasteiger partial charge in [0.05, 0.1) is 23.0 Å². The summed E-state index contributed by atoms with van der Waals surface area (Å²) in [5.41, 5.74) is 3.92. The molecule has 0 aliphatic rings. The number of amides is 3. The predicted octanol–water partition coefficient (Wildman–Crippen LogP) is 5.66. The molecule has 0 aromatic heterocycles. The molecule has 0 unspecified atom stereocenters. The minimum Gasteiger partial charge on any atom is -0.423 e. The molecule has 200 valence electrons. The Hall–Kier alpha value is -4.80. The molecule has 0 bridgehead atoms. The Balaban J connectivity index is 1.30. The monoisotopic (exact) mass is 618 g/mol. The zero-order valence-corrected chi connectivity index (χ0v) is 22.9. The molecule has 4 aromatic rings. The molecule has 9 nitrogen and oxygen atoms in total. The fraction of sp³-hybridized carbons (Fsp3) is 0. The highest BCUT2D eigenvalue weighted by atomic mass is 79.9. The van der Waals surface area contributed by atoms with E-state index in [4.69, 9.17) is 16.3 Å². The first-order valence-corrected chi connectivity index (χ1v) is 12.8. The third kappa shape index (κ3) is 7.85. The second-order valence-corrected chi connectivity index (χ2v) is 9.48. The minimum atomic E-state index is -1.04. The van der Waals surface area contributed by atoms with E-state index in [1.807, 2.05) is 0 Å². The van der Waals surface area contributed by atoms with Crippen molar-refractivity contribution in [1.29, 1.82) is 0 Å². The first kappa shape index (κ1) is 28.2. The molecule has 0 radical (unpaired) electrons. The maximum atomic E-state index is 12.7. The Bertz CT molecular complexity index is 1590. The van der Waals surface area contributed by atoms with Crippen LogP contribution >= 0.6 is 27.5 Å². The van der Waals surface area contributed by atoms with Gasteiger partial charge in [-0.3, -0.25) is 14.4 Å². The van der Waals surface area contributed by atoms with Crippen LogP contribution in [0.2, 0.25) is 5.02 Å². The molecule has 3 N–H and O–H groups in total. The summed E-state index contributed by atoms with van der Waals surface area (Å²) < 4.78 is 6.10. The highest BCUT2D eigenvalue weighted by Gasteiger charge is 2.18. The van der Waals surface area contributed by atoms with Gasteiger partial charge in [0.15, 0.2) is 0 Å². The molecule has 0 heterocycles. The average Bonchev–Trinajstić information content (AvgIpc) is 2.95. The molecule has 0 saturated carbocycles. The molecule has 0 spiro atoms. The minimum absolute atomic E-state index is 0.145. The molecule has 0 aliphatic heterocycles. The third-order valence-electron chi connectivity index (χ3n) is 5.26. The van der Waals surface area contributed by atoms with Crippen molar-refractivity contribution in [3.8, 4) is 5.75 Å². The summed E-state index contributed by atoms with van der Waals surface area (Å²) in [4.78, 5) is 49.7. The Morgan fingerprint density at radius 3 is 2.25 bits per heavy atom. The molecule has 3 amide bonds. The number of esters is 1. The molecule has 40 heavy (non-hydrogen) atoms. The SMILES string of the molecule is O=C(N/N=C\c1ccc(OC(=O)c2cccc(Br)c2)cc1)C(=O)Nc1ccccc1C(=O)Nc1ccc(Cl)cc1. The lowest BCUT2D eigenvalue weighted by Gasteiger charge is -2.11. The van der Waals surface area contributed by atoms with E-state index in [1.54, 1.807) is 84.9 Å². The number of anilines is 2. The van der Waals surface area contributed by atoms with Gasteiger partial charge in [0.1, 0.15) is 5.75 Å². The van der Waals surface area contributed by atoms with Crippen molar-refractivity contribution in [3.05, 3.63) is 123 Å². The zero-order chi connectivity index (χ0) is 28.5. The van der Waals surface area contributed by atoms with E-state index < -0.39 is 23.7 Å². The number of rotatable bonds is 7. The Morgan fingerprint density at radius 2 is 1.52 bits per heavy atom. The number of para-hydroxylation sites is 1. The summed E-state index contributed by atoms with van der Waals surface area (Å²) >= 11 is 9.18. The van der Waals surface area contributed by atoms with Gasteiger partial charge < -0.3 is 15.4 Å². The molecule has 0 aliphatic carbocycles. The summed E-state index contributed by atoms with van der Waals surface area (Å²) in [6.45, 7) is 0. The number of carbonyl (C=O) groups is 4. The number of hydrazone groups is 1. The first-order valence-electron chi connectivity index (χ1n) is 11.7. The van der Waals surface area contributed by atoms with Crippen LogP contribution in [0.1, 0.15) is 26.3 Å². The molecule has 4 rings (SSSR count). The summed E-state index contributed by atoms with van der Waals surface area (Å²) in [7, 11) is 0. The number of nitrogens with zero attached hydrogens (tertiary/aromatic N) is 1. The van der Waals surface area contributed by atoms with Crippen molar-refractivity contribution in [1.82, 2.24) is 5.43 Å². The van der Waals surface area contributed by atoms with Gasteiger partial charge in [0.25, 0.3) is 5.91 Å². The molecular formula is C29H20BrClN4O5. The molecular weight excluding hydrogens is 600 g/mol. The van der Waals surface area contributed by atoms with Gasteiger partial charge in [0.2, 0.25) is 0 Å². The van der Waals surface area contributed by atoms with E-state index in [0.29, 0.717) is 27.6 Å². The molecule has 0 saturated heterocycles. The number of hydrogen-bond acceptors (Lipinski definition) is 6. The van der Waals surface area contributed by atoms with Crippen molar-refractivity contribution in [2.45, 2.75) is 0 Å². The molecule has 0 atom stereocenters. The van der Waals surface area contributed by atoms with Crippen molar-refractivity contribution in [2.24, 2.45) is 5.10 Å². The lowest BCUT2D eigenvalue weighted by molar-refractivity contribution is -0.136. The quantitative estimate of drug-likeness (QED) is 0.0809. The van der Waals surface area contributed by atoms with Crippen LogP contribution in [-0.2, 0) is 9.59 Å². The number of ether oxygens (including phenoxy) is 1. The standard InChI is InChI=1S/C29H20BrClN4O5/c30-20-5-3-4-19(16-20)29(39)40-23-14-8-18(9-15-23)17-32-35-28(38)27(37)34-25-7-2-1-6-24(25)26(36)33-22-12-10-21(31)11-13-22/h1-17H,(H,33,36)(H,34,37)(H,35,38)/b32-17-. The second-order valence-electron chi connectivity index (χ2n) is 8.13. The number of benzene rings is 4. The van der Waals surface area contributed by atoms with E-state index in [9.17, 15) is 19.2 Å². The van der Waals surface area contributed by atoms with Crippen molar-refractivity contribution < 1.29 is 23.9 Å². The van der Waals surface area contributed by atoms with E-state index in [1.165, 1.54) is 18.3 Å². The summed E-state index contributed by atoms with van der Waals surface area (Å²) in [6.07, 6.45) is 1.32. The van der Waals surface area contributed by atoms with Gasteiger partial charge in [-0.05, 0) is 84.4 Å². The van der Waals surface area contributed by atoms with Gasteiger partial charge in [-0.15, -0.1) is 0 Å². The van der Waals surface area contributed by atoms with Crippen LogP contribution in [0.4, 0.5) is 11.4 Å². The Kier molecular flexibility index (Phi) is 9.39. The number of hydrogen-bond donors (Lipinski definition) is 3. The van der Waals surface area contributed by atoms with Crippen LogP contribution in [0.15, 0.2) is 107 Å². The van der Waals surface area contributed by atoms with E-state index in [0.717, 1.165) is 4.47 Å². The second kappa shape index (κ2) is 13.3. The highest BCUT2D eigenvalue weighted by Crippen LogP contribution is 2.19. The maximum Gasteiger partial charge on any atom is 0.343 e. The summed E-state index contributed by atoms with van der Waals surface area (Å²) in [5.74, 6) is -2.72. The fourth-order valence-corrected chi connectivity index (χ4v) is 3.85. The van der Waals surface area contributed by atoms with Crippen LogP contribution < -0.4 is 20.8 Å². The van der Waals surface area contributed by atoms with Crippen molar-refractivity contribution in [3.63, 3.8) is 0 Å². The number of halogens is 2. The predicted molar refractivity (Wildman–Crippen MR) is 156 cm³/mol. The smallest absolute Gasteiger partial charge is 0.343 e. The zero-order valence-electron chi connectivity index (χ0n) is 20.6. The molecule has 0 fully saturated rings. The third-order valence-corrected chi connectivity index (χ3v) is 6.00. The van der Waals surface area contributed by atoms with Crippen LogP contribution in [0.25, 0.3) is 0 Å². The van der Waals surface area contributed by atoms with Gasteiger partial charge in [-0.1, -0.05) is 45.7 Å². The number of nitrogens with one attached hydrogen (secondary N) is 3. The van der Waals surface area contributed by atoms with Gasteiger partial charge >= 0.3 is 17.8 Å². The molecule has 11 heteroatoms. The first-order chi connectivity index (χ1) is 19.3. The van der Waals surface area contributed by atoms with Crippen molar-refractivity contribution >= 4 is 68.8 Å². The van der Waals surface area contributed by atoms with Gasteiger partial charge in [-0.2, -0.15) is 5.10 Å². The summed E-state index contributed by atoms with van der Waals surface area (Å²) in [6, 6.07) is 26.0. The average molecular weight is 620 g/mol. The normalized spacial score (nSPS) is 10.6. The van der Waals surface area contributed by atoms with Crippen LogP contribution in [0.5, 0.6) is 5.75 Å². The maximum absolute atomic E-state index is 12.7. The summed E-state index contributed by atoms with van der Waals surface area (Å²) in [5, 5.41) is 9.43. The Labute approximate surface area is 242 Å². The van der Waals surface area contributed by atoms with Crippen LogP contribution in [0.3, 0.4) is 0 Å². The topological polar surface area (TPSA) is 126 Å². The van der Waals surface area contributed by atoms with Gasteiger partial charge in [0, 0.05) is 15.2 Å². The van der Waals surface area contributed by atoms with Gasteiger partial charge in [-0.25, -0.2) is 10.2 Å². The number of carbonyl (C=O) groups excluding carboxylic acids is 4. The van der Waals surface area contributed by atoms with Crippen molar-refractivity contribution in [2.75, 3.05) is 10.6 Å². The van der Waals surface area contributed by atoms with Crippen LogP contribution in [-0.4, -0.2) is 29.9 Å². The van der Waals surface area contributed by atoms with E-state index in [-0.39, 0.29) is 11.3 Å².